The van der Waals surface area contributed by atoms with E-state index in [2.05, 4.69) is 20.8 Å². The van der Waals surface area contributed by atoms with Gasteiger partial charge in [0.25, 0.3) is 0 Å². The van der Waals surface area contributed by atoms with Gasteiger partial charge < -0.3 is 5.11 Å². The molecule has 1 aliphatic carbocycles. The van der Waals surface area contributed by atoms with Crippen molar-refractivity contribution in [1.29, 1.82) is 0 Å². The van der Waals surface area contributed by atoms with E-state index < -0.39 is 11.8 Å². The van der Waals surface area contributed by atoms with Crippen LogP contribution in [0.4, 0.5) is 4.39 Å². The summed E-state index contributed by atoms with van der Waals surface area (Å²) in [6, 6.07) is 0. The van der Waals surface area contributed by atoms with Crippen LogP contribution in [0.2, 0.25) is 0 Å². The van der Waals surface area contributed by atoms with Gasteiger partial charge in [-0.25, -0.2) is 4.79 Å². The molecule has 0 radical (unpaired) electrons. The largest absolute Gasteiger partial charge is 0.476 e. The first-order chi connectivity index (χ1) is 7.32. The standard InChI is InChI=1S/C13H21FO2/c1-13(2,3)10-6-4-5-9(7-8-10)11(14)12(15)16/h10H,4-8H2,1-3H3,(H,15,16). The highest BCUT2D eigenvalue weighted by Gasteiger charge is 2.27. The van der Waals surface area contributed by atoms with Gasteiger partial charge in [0.15, 0.2) is 0 Å². The molecule has 3 heteroatoms. The molecule has 1 aliphatic rings. The number of aliphatic carboxylic acids is 1. The molecule has 0 amide bonds. The van der Waals surface area contributed by atoms with Gasteiger partial charge in [-0.3, -0.25) is 0 Å². The van der Waals surface area contributed by atoms with E-state index in [1.807, 2.05) is 0 Å². The van der Waals surface area contributed by atoms with Gasteiger partial charge in [0.1, 0.15) is 0 Å². The van der Waals surface area contributed by atoms with Crippen molar-refractivity contribution in [3.63, 3.8) is 0 Å². The minimum absolute atomic E-state index is 0.231. The predicted molar refractivity (Wildman–Crippen MR) is 61.8 cm³/mol. The molecular weight excluding hydrogens is 207 g/mol. The van der Waals surface area contributed by atoms with Crippen LogP contribution in [0.5, 0.6) is 0 Å². The minimum Gasteiger partial charge on any atom is -0.476 e. The lowest BCUT2D eigenvalue weighted by molar-refractivity contribution is -0.134. The van der Waals surface area contributed by atoms with Crippen molar-refractivity contribution in [3.05, 3.63) is 11.4 Å². The summed E-state index contributed by atoms with van der Waals surface area (Å²) in [5.74, 6) is -1.77. The number of rotatable bonds is 1. The Labute approximate surface area is 96.5 Å². The quantitative estimate of drug-likeness (QED) is 0.545. The highest BCUT2D eigenvalue weighted by molar-refractivity contribution is 5.84. The molecule has 0 aliphatic heterocycles. The van der Waals surface area contributed by atoms with Crippen LogP contribution in [0.25, 0.3) is 0 Å². The smallest absolute Gasteiger partial charge is 0.364 e. The topological polar surface area (TPSA) is 37.3 Å². The highest BCUT2D eigenvalue weighted by atomic mass is 19.1. The summed E-state index contributed by atoms with van der Waals surface area (Å²) in [6.07, 6.45) is 4.07. The SMILES string of the molecule is CC(C)(C)C1CCCC(=C(F)C(=O)O)CC1. The first-order valence-corrected chi connectivity index (χ1v) is 5.93. The summed E-state index contributed by atoms with van der Waals surface area (Å²) in [6.45, 7) is 6.58. The molecule has 1 saturated carbocycles. The van der Waals surface area contributed by atoms with Gasteiger partial charge in [-0.2, -0.15) is 4.39 Å². The summed E-state index contributed by atoms with van der Waals surface area (Å²) < 4.78 is 13.3. The molecule has 16 heavy (non-hydrogen) atoms. The van der Waals surface area contributed by atoms with E-state index in [1.54, 1.807) is 0 Å². The molecule has 1 atom stereocenters. The Hall–Kier alpha value is -0.860. The third kappa shape index (κ3) is 3.32. The fourth-order valence-electron chi connectivity index (χ4n) is 2.42. The van der Waals surface area contributed by atoms with Crippen molar-refractivity contribution in [2.45, 2.75) is 52.9 Å². The monoisotopic (exact) mass is 228 g/mol. The maximum Gasteiger partial charge on any atom is 0.364 e. The fraction of sp³-hybridized carbons (Fsp3) is 0.769. The molecule has 1 unspecified atom stereocenters. The van der Waals surface area contributed by atoms with E-state index in [0.717, 1.165) is 19.3 Å². The Kier molecular flexibility index (Phi) is 4.11. The number of carbonyl (C=O) groups is 1. The highest BCUT2D eigenvalue weighted by Crippen LogP contribution is 2.38. The van der Waals surface area contributed by atoms with Crippen LogP contribution in [0.3, 0.4) is 0 Å². The number of hydrogen-bond donors (Lipinski definition) is 1. The molecule has 0 heterocycles. The average molecular weight is 228 g/mol. The predicted octanol–water partition coefficient (Wildman–Crippen LogP) is 3.92. The molecule has 0 aromatic carbocycles. The van der Waals surface area contributed by atoms with Crippen molar-refractivity contribution < 1.29 is 14.3 Å². The molecule has 0 spiro atoms. The maximum absolute atomic E-state index is 13.3. The fourth-order valence-corrected chi connectivity index (χ4v) is 2.42. The number of hydrogen-bond acceptors (Lipinski definition) is 1. The summed E-state index contributed by atoms with van der Waals surface area (Å²) in [7, 11) is 0. The Morgan fingerprint density at radius 1 is 1.31 bits per heavy atom. The second-order valence-corrected chi connectivity index (χ2v) is 5.72. The van der Waals surface area contributed by atoms with Crippen LogP contribution < -0.4 is 0 Å². The van der Waals surface area contributed by atoms with E-state index >= 15 is 0 Å². The average Bonchev–Trinajstić information content (AvgIpc) is 2.40. The van der Waals surface area contributed by atoms with E-state index in [4.69, 9.17) is 5.11 Å². The van der Waals surface area contributed by atoms with Gasteiger partial charge in [-0.1, -0.05) is 20.8 Å². The van der Waals surface area contributed by atoms with Gasteiger partial charge in [0.05, 0.1) is 0 Å². The van der Waals surface area contributed by atoms with Crippen molar-refractivity contribution in [1.82, 2.24) is 0 Å². The van der Waals surface area contributed by atoms with Crippen molar-refractivity contribution in [2.24, 2.45) is 11.3 Å². The Morgan fingerprint density at radius 3 is 2.44 bits per heavy atom. The van der Waals surface area contributed by atoms with Crippen LogP contribution in [0.1, 0.15) is 52.9 Å². The molecule has 92 valence electrons. The minimum atomic E-state index is -1.41. The number of halogens is 1. The van der Waals surface area contributed by atoms with Crippen molar-refractivity contribution >= 4 is 5.97 Å². The van der Waals surface area contributed by atoms with Gasteiger partial charge in [0.2, 0.25) is 5.83 Å². The summed E-state index contributed by atoms with van der Waals surface area (Å²) in [4.78, 5) is 10.6. The van der Waals surface area contributed by atoms with Crippen LogP contribution in [0, 0.1) is 11.3 Å². The van der Waals surface area contributed by atoms with E-state index in [9.17, 15) is 9.18 Å². The molecule has 1 N–H and O–H groups in total. The van der Waals surface area contributed by atoms with Gasteiger partial charge in [-0.05, 0) is 49.0 Å². The molecule has 0 bridgehead atoms. The third-order valence-corrected chi connectivity index (χ3v) is 3.55. The van der Waals surface area contributed by atoms with Crippen LogP contribution in [-0.4, -0.2) is 11.1 Å². The molecule has 0 aromatic heterocycles. The van der Waals surface area contributed by atoms with E-state index in [1.165, 1.54) is 0 Å². The van der Waals surface area contributed by atoms with E-state index in [0.29, 0.717) is 24.3 Å². The van der Waals surface area contributed by atoms with Crippen molar-refractivity contribution in [2.75, 3.05) is 0 Å². The molecule has 0 aromatic rings. The van der Waals surface area contributed by atoms with E-state index in [-0.39, 0.29) is 5.41 Å². The molecule has 1 rings (SSSR count). The number of carboxylic acids is 1. The lowest BCUT2D eigenvalue weighted by Crippen LogP contribution is -2.19. The summed E-state index contributed by atoms with van der Waals surface area (Å²) >= 11 is 0. The normalized spacial score (nSPS) is 26.1. The second-order valence-electron chi connectivity index (χ2n) is 5.72. The van der Waals surface area contributed by atoms with Crippen LogP contribution in [0.15, 0.2) is 11.4 Å². The van der Waals surface area contributed by atoms with Gasteiger partial charge in [0, 0.05) is 0 Å². The zero-order valence-corrected chi connectivity index (χ0v) is 10.3. The zero-order valence-electron chi connectivity index (χ0n) is 10.3. The van der Waals surface area contributed by atoms with Gasteiger partial charge in [-0.15, -0.1) is 0 Å². The van der Waals surface area contributed by atoms with Crippen LogP contribution >= 0.6 is 0 Å². The Bertz CT molecular complexity index is 300. The first-order valence-electron chi connectivity index (χ1n) is 5.93. The first kappa shape index (κ1) is 13.2. The molecular formula is C13H21FO2. The summed E-state index contributed by atoms with van der Waals surface area (Å²) in [5, 5.41) is 8.62. The molecule has 2 nitrogen and oxygen atoms in total. The second kappa shape index (κ2) is 4.98. The Balaban J connectivity index is 2.74. The molecule has 0 saturated heterocycles. The lowest BCUT2D eigenvalue weighted by atomic mass is 9.76. The Morgan fingerprint density at radius 2 is 1.94 bits per heavy atom. The summed E-state index contributed by atoms with van der Waals surface area (Å²) in [5.41, 5.74) is 0.731. The third-order valence-electron chi connectivity index (χ3n) is 3.55. The lowest BCUT2D eigenvalue weighted by Gasteiger charge is -2.29. The molecule has 1 fully saturated rings. The number of carboxylic acid groups (broad SMARTS) is 1. The zero-order chi connectivity index (χ0) is 12.3. The maximum atomic E-state index is 13.3. The van der Waals surface area contributed by atoms with Crippen LogP contribution in [-0.2, 0) is 4.79 Å². The van der Waals surface area contributed by atoms with Gasteiger partial charge >= 0.3 is 5.97 Å². The number of allylic oxidation sites excluding steroid dienone is 1. The van der Waals surface area contributed by atoms with Crippen molar-refractivity contribution in [3.8, 4) is 0 Å².